The molecule has 1 amide bonds. The summed E-state index contributed by atoms with van der Waals surface area (Å²) < 4.78 is 1.03. The van der Waals surface area contributed by atoms with E-state index in [2.05, 4.69) is 21.2 Å². The summed E-state index contributed by atoms with van der Waals surface area (Å²) in [5.41, 5.74) is 1.00. The molecule has 0 aliphatic heterocycles. The second kappa shape index (κ2) is 7.87. The Bertz CT molecular complexity index is 618. The summed E-state index contributed by atoms with van der Waals surface area (Å²) in [5, 5.41) is 3.66. The lowest BCUT2D eigenvalue weighted by Crippen LogP contribution is -2.28. The van der Waals surface area contributed by atoms with E-state index < -0.39 is 0 Å². The number of hydrogen-bond acceptors (Lipinski definition) is 2. The molecular formula is C16H15BrClNOS. The van der Waals surface area contributed by atoms with E-state index >= 15 is 0 Å². The maximum atomic E-state index is 12.0. The molecule has 110 valence electrons. The summed E-state index contributed by atoms with van der Waals surface area (Å²) in [4.78, 5) is 13.1. The minimum absolute atomic E-state index is 0.00962. The maximum Gasteiger partial charge on any atom is 0.230 e. The zero-order chi connectivity index (χ0) is 15.2. The molecule has 0 spiro atoms. The van der Waals surface area contributed by atoms with Crippen LogP contribution in [0, 0.1) is 0 Å². The van der Waals surface area contributed by atoms with Crippen LogP contribution in [0.5, 0.6) is 0 Å². The molecule has 5 heteroatoms. The minimum atomic E-state index is -0.0540. The molecule has 0 bridgehead atoms. The van der Waals surface area contributed by atoms with E-state index in [0.717, 1.165) is 14.9 Å². The lowest BCUT2D eigenvalue weighted by molar-refractivity contribution is -0.119. The Morgan fingerprint density at radius 1 is 1.29 bits per heavy atom. The average Bonchev–Trinajstić information content (AvgIpc) is 2.46. The lowest BCUT2D eigenvalue weighted by atomic mass is 10.1. The summed E-state index contributed by atoms with van der Waals surface area (Å²) >= 11 is 10.9. The van der Waals surface area contributed by atoms with Crippen molar-refractivity contribution < 1.29 is 4.79 Å². The van der Waals surface area contributed by atoms with Gasteiger partial charge in [-0.15, -0.1) is 11.8 Å². The van der Waals surface area contributed by atoms with Crippen LogP contribution in [0.15, 0.2) is 57.9 Å². The van der Waals surface area contributed by atoms with E-state index in [1.165, 1.54) is 11.8 Å². The highest BCUT2D eigenvalue weighted by Gasteiger charge is 2.10. The maximum absolute atomic E-state index is 12.0. The SMILES string of the molecule is C[C@@H](NC(=O)CSc1ccc(Br)cc1)c1cccc(Cl)c1. The van der Waals surface area contributed by atoms with Gasteiger partial charge in [-0.25, -0.2) is 0 Å². The second-order valence-corrected chi connectivity index (χ2v) is 6.99. The van der Waals surface area contributed by atoms with Crippen LogP contribution in [0.2, 0.25) is 5.02 Å². The molecule has 1 N–H and O–H groups in total. The summed E-state index contributed by atoms with van der Waals surface area (Å²) in [6.07, 6.45) is 0. The third-order valence-electron chi connectivity index (χ3n) is 2.91. The van der Waals surface area contributed by atoms with Crippen molar-refractivity contribution in [1.82, 2.24) is 5.32 Å². The summed E-state index contributed by atoms with van der Waals surface area (Å²) in [7, 11) is 0. The predicted molar refractivity (Wildman–Crippen MR) is 92.9 cm³/mol. The van der Waals surface area contributed by atoms with Gasteiger partial charge in [-0.2, -0.15) is 0 Å². The smallest absolute Gasteiger partial charge is 0.230 e. The van der Waals surface area contributed by atoms with Gasteiger partial charge in [0.15, 0.2) is 0 Å². The van der Waals surface area contributed by atoms with Gasteiger partial charge in [0.2, 0.25) is 5.91 Å². The Labute approximate surface area is 142 Å². The highest BCUT2D eigenvalue weighted by molar-refractivity contribution is 9.10. The van der Waals surface area contributed by atoms with Crippen molar-refractivity contribution in [2.75, 3.05) is 5.75 Å². The second-order valence-electron chi connectivity index (χ2n) is 4.59. The Morgan fingerprint density at radius 3 is 2.67 bits per heavy atom. The number of hydrogen-bond donors (Lipinski definition) is 1. The molecule has 0 aliphatic rings. The molecule has 2 rings (SSSR count). The average molecular weight is 385 g/mol. The standard InChI is InChI=1S/C16H15BrClNOS/c1-11(12-3-2-4-14(18)9-12)19-16(20)10-21-15-7-5-13(17)6-8-15/h2-9,11H,10H2,1H3,(H,19,20)/t11-/m1/s1. The first-order chi connectivity index (χ1) is 10.0. The van der Waals surface area contributed by atoms with E-state index in [0.29, 0.717) is 10.8 Å². The first-order valence-electron chi connectivity index (χ1n) is 6.48. The summed E-state index contributed by atoms with van der Waals surface area (Å²) in [5.74, 6) is 0.405. The number of carbonyl (C=O) groups is 1. The van der Waals surface area contributed by atoms with Gasteiger partial charge in [-0.1, -0.05) is 39.7 Å². The predicted octanol–water partition coefficient (Wildman–Crippen LogP) is 5.07. The van der Waals surface area contributed by atoms with Gasteiger partial charge in [0.05, 0.1) is 11.8 Å². The molecule has 0 aliphatic carbocycles. The van der Waals surface area contributed by atoms with Crippen molar-refractivity contribution in [3.8, 4) is 0 Å². The van der Waals surface area contributed by atoms with Gasteiger partial charge in [0.1, 0.15) is 0 Å². The van der Waals surface area contributed by atoms with Crippen molar-refractivity contribution >= 4 is 45.2 Å². The van der Waals surface area contributed by atoms with Crippen LogP contribution in [0.4, 0.5) is 0 Å². The molecule has 0 unspecified atom stereocenters. The van der Waals surface area contributed by atoms with Crippen LogP contribution in [0.25, 0.3) is 0 Å². The fraction of sp³-hybridized carbons (Fsp3) is 0.188. The molecule has 0 heterocycles. The van der Waals surface area contributed by atoms with Gasteiger partial charge < -0.3 is 5.32 Å². The Hall–Kier alpha value is -0.970. The van der Waals surface area contributed by atoms with Gasteiger partial charge in [-0.3, -0.25) is 4.79 Å². The number of nitrogens with one attached hydrogen (secondary N) is 1. The van der Waals surface area contributed by atoms with E-state index in [-0.39, 0.29) is 11.9 Å². The normalized spacial score (nSPS) is 12.0. The van der Waals surface area contributed by atoms with Gasteiger partial charge in [0, 0.05) is 14.4 Å². The van der Waals surface area contributed by atoms with Crippen molar-refractivity contribution in [3.05, 3.63) is 63.6 Å². The quantitative estimate of drug-likeness (QED) is 0.729. The lowest BCUT2D eigenvalue weighted by Gasteiger charge is -2.14. The van der Waals surface area contributed by atoms with E-state index in [9.17, 15) is 4.79 Å². The number of benzene rings is 2. The van der Waals surface area contributed by atoms with Gasteiger partial charge in [0.25, 0.3) is 0 Å². The van der Waals surface area contributed by atoms with Crippen molar-refractivity contribution in [2.45, 2.75) is 17.9 Å². The van der Waals surface area contributed by atoms with Gasteiger partial charge in [-0.05, 0) is 48.9 Å². The van der Waals surface area contributed by atoms with E-state index in [4.69, 9.17) is 11.6 Å². The zero-order valence-electron chi connectivity index (χ0n) is 11.5. The highest BCUT2D eigenvalue weighted by Crippen LogP contribution is 2.21. The molecule has 2 aromatic carbocycles. The molecule has 0 saturated heterocycles. The molecule has 1 atom stereocenters. The number of halogens is 2. The number of rotatable bonds is 5. The third kappa shape index (κ3) is 5.38. The Balaban J connectivity index is 1.85. The van der Waals surface area contributed by atoms with Crippen LogP contribution < -0.4 is 5.32 Å². The monoisotopic (exact) mass is 383 g/mol. The van der Waals surface area contributed by atoms with Gasteiger partial charge >= 0.3 is 0 Å². The molecule has 2 aromatic rings. The van der Waals surface area contributed by atoms with E-state index in [1.807, 2.05) is 55.5 Å². The highest BCUT2D eigenvalue weighted by atomic mass is 79.9. The molecule has 21 heavy (non-hydrogen) atoms. The minimum Gasteiger partial charge on any atom is -0.349 e. The first-order valence-corrected chi connectivity index (χ1v) is 8.63. The first kappa shape index (κ1) is 16.4. The van der Waals surface area contributed by atoms with E-state index in [1.54, 1.807) is 0 Å². The molecule has 2 nitrogen and oxygen atoms in total. The summed E-state index contributed by atoms with van der Waals surface area (Å²) in [6.45, 7) is 1.95. The van der Waals surface area contributed by atoms with Crippen molar-refractivity contribution in [2.24, 2.45) is 0 Å². The van der Waals surface area contributed by atoms with Crippen LogP contribution in [-0.2, 0) is 4.79 Å². The fourth-order valence-electron chi connectivity index (χ4n) is 1.82. The molecule has 0 fully saturated rings. The van der Waals surface area contributed by atoms with Crippen LogP contribution in [-0.4, -0.2) is 11.7 Å². The number of thioether (sulfide) groups is 1. The number of carbonyl (C=O) groups excluding carboxylic acids is 1. The largest absolute Gasteiger partial charge is 0.349 e. The number of amides is 1. The van der Waals surface area contributed by atoms with Crippen LogP contribution in [0.1, 0.15) is 18.5 Å². The van der Waals surface area contributed by atoms with Crippen LogP contribution in [0.3, 0.4) is 0 Å². The van der Waals surface area contributed by atoms with Crippen molar-refractivity contribution in [3.63, 3.8) is 0 Å². The Kier molecular flexibility index (Phi) is 6.15. The zero-order valence-corrected chi connectivity index (χ0v) is 14.6. The van der Waals surface area contributed by atoms with Crippen LogP contribution >= 0.6 is 39.3 Å². The molecule has 0 radical (unpaired) electrons. The summed E-state index contributed by atoms with van der Waals surface area (Å²) in [6, 6.07) is 15.4. The molecule has 0 aromatic heterocycles. The fourth-order valence-corrected chi connectivity index (χ4v) is 2.99. The topological polar surface area (TPSA) is 29.1 Å². The third-order valence-corrected chi connectivity index (χ3v) is 4.69. The Morgan fingerprint density at radius 2 is 2.00 bits per heavy atom. The van der Waals surface area contributed by atoms with Crippen molar-refractivity contribution in [1.29, 1.82) is 0 Å². The molecular weight excluding hydrogens is 370 g/mol. The molecule has 0 saturated carbocycles.